The van der Waals surface area contributed by atoms with Crippen molar-refractivity contribution in [1.82, 2.24) is 9.44 Å². The molecule has 0 saturated carbocycles. The van der Waals surface area contributed by atoms with E-state index in [9.17, 15) is 21.6 Å². The molecule has 9 nitrogen and oxygen atoms in total. The maximum absolute atomic E-state index is 11.9. The molecule has 1 aromatic heterocycles. The van der Waals surface area contributed by atoms with Crippen LogP contribution < -0.4 is 9.44 Å². The number of aromatic carboxylic acids is 1. The lowest BCUT2D eigenvalue weighted by atomic mass is 10.4. The molecule has 11 heteroatoms. The highest BCUT2D eigenvalue weighted by atomic mass is 32.2. The van der Waals surface area contributed by atoms with Crippen molar-refractivity contribution in [3.05, 3.63) is 17.6 Å². The van der Waals surface area contributed by atoms with Crippen LogP contribution in [-0.4, -0.2) is 47.3 Å². The van der Waals surface area contributed by atoms with Gasteiger partial charge in [-0.15, -0.1) is 0 Å². The van der Waals surface area contributed by atoms with E-state index in [1.54, 1.807) is 0 Å². The van der Waals surface area contributed by atoms with Crippen molar-refractivity contribution in [3.63, 3.8) is 0 Å². The second-order valence-corrected chi connectivity index (χ2v) is 7.47. The van der Waals surface area contributed by atoms with Crippen molar-refractivity contribution >= 4 is 26.0 Å². The Bertz CT molecular complexity index is 703. The Balaban J connectivity index is 2.77. The summed E-state index contributed by atoms with van der Waals surface area (Å²) in [6.45, 7) is 1.01. The Kier molecular flexibility index (Phi) is 4.91. The van der Waals surface area contributed by atoms with Gasteiger partial charge in [0.05, 0.1) is 6.26 Å². The van der Waals surface area contributed by atoms with Crippen molar-refractivity contribution in [1.29, 1.82) is 0 Å². The molecule has 0 amide bonds. The molecule has 1 heterocycles. The Hall–Kier alpha value is -1.43. The van der Waals surface area contributed by atoms with E-state index in [1.807, 2.05) is 0 Å². The summed E-state index contributed by atoms with van der Waals surface area (Å²) in [5, 5.41) is 8.71. The molecule has 0 spiro atoms. The average molecular weight is 326 g/mol. The standard InChI is InChI=1S/C9H14N2O7S2/c1-6-8(5-7(18-6)9(12)13)20(16,17)11-4-3-10-19(2,14)15/h5,10-11H,3-4H2,1-2H3,(H,12,13). The second-order valence-electron chi connectivity index (χ2n) is 3.90. The highest BCUT2D eigenvalue weighted by Crippen LogP contribution is 2.19. The van der Waals surface area contributed by atoms with Crippen molar-refractivity contribution < 1.29 is 31.2 Å². The van der Waals surface area contributed by atoms with E-state index in [-0.39, 0.29) is 23.7 Å². The van der Waals surface area contributed by atoms with E-state index >= 15 is 0 Å². The van der Waals surface area contributed by atoms with Crippen molar-refractivity contribution in [3.8, 4) is 0 Å². The van der Waals surface area contributed by atoms with E-state index in [4.69, 9.17) is 9.52 Å². The Labute approximate surface area is 116 Å². The first kappa shape index (κ1) is 16.6. The van der Waals surface area contributed by atoms with Crippen LogP contribution in [0.5, 0.6) is 0 Å². The van der Waals surface area contributed by atoms with Gasteiger partial charge in [0.25, 0.3) is 0 Å². The number of sulfonamides is 2. The van der Waals surface area contributed by atoms with Crippen LogP contribution in [0, 0.1) is 6.92 Å². The van der Waals surface area contributed by atoms with Crippen LogP contribution in [0.3, 0.4) is 0 Å². The summed E-state index contributed by atoms with van der Waals surface area (Å²) in [5.41, 5.74) is 0. The van der Waals surface area contributed by atoms with Gasteiger partial charge >= 0.3 is 5.97 Å². The zero-order valence-corrected chi connectivity index (χ0v) is 12.3. The van der Waals surface area contributed by atoms with Crippen LogP contribution in [0.1, 0.15) is 16.3 Å². The maximum atomic E-state index is 11.9. The zero-order chi connectivity index (χ0) is 15.6. The topological polar surface area (TPSA) is 143 Å². The first-order valence-corrected chi connectivity index (χ1v) is 8.68. The summed E-state index contributed by atoms with van der Waals surface area (Å²) < 4.78 is 54.4. The molecule has 1 aromatic rings. The molecule has 0 unspecified atom stereocenters. The number of carboxylic acid groups (broad SMARTS) is 1. The van der Waals surface area contributed by atoms with Gasteiger partial charge in [0.2, 0.25) is 25.8 Å². The van der Waals surface area contributed by atoms with Gasteiger partial charge < -0.3 is 9.52 Å². The number of aryl methyl sites for hydroxylation is 1. The van der Waals surface area contributed by atoms with Crippen molar-refractivity contribution in [2.45, 2.75) is 11.8 Å². The lowest BCUT2D eigenvalue weighted by Crippen LogP contribution is -2.34. The summed E-state index contributed by atoms with van der Waals surface area (Å²) in [4.78, 5) is 10.4. The van der Waals surface area contributed by atoms with Crippen LogP contribution in [0.25, 0.3) is 0 Å². The number of furan rings is 1. The smallest absolute Gasteiger partial charge is 0.371 e. The highest BCUT2D eigenvalue weighted by molar-refractivity contribution is 7.89. The first-order valence-electron chi connectivity index (χ1n) is 5.31. The van der Waals surface area contributed by atoms with Gasteiger partial charge in [0.15, 0.2) is 0 Å². The molecule has 0 aromatic carbocycles. The third-order valence-electron chi connectivity index (χ3n) is 2.15. The number of hydrogen-bond donors (Lipinski definition) is 3. The molecular weight excluding hydrogens is 312 g/mol. The van der Waals surface area contributed by atoms with Crippen LogP contribution in [-0.2, 0) is 20.0 Å². The molecule has 0 bridgehead atoms. The molecule has 114 valence electrons. The van der Waals surface area contributed by atoms with Gasteiger partial charge in [-0.2, -0.15) is 0 Å². The van der Waals surface area contributed by atoms with Gasteiger partial charge in [-0.25, -0.2) is 31.1 Å². The Morgan fingerprint density at radius 3 is 2.25 bits per heavy atom. The van der Waals surface area contributed by atoms with Crippen molar-refractivity contribution in [2.75, 3.05) is 19.3 Å². The van der Waals surface area contributed by atoms with E-state index in [0.29, 0.717) is 0 Å². The predicted molar refractivity (Wildman–Crippen MR) is 68.4 cm³/mol. The molecule has 0 saturated heterocycles. The number of carboxylic acids is 1. The Morgan fingerprint density at radius 2 is 1.80 bits per heavy atom. The van der Waals surface area contributed by atoms with Gasteiger partial charge in [0, 0.05) is 19.2 Å². The van der Waals surface area contributed by atoms with Crippen LogP contribution in [0.4, 0.5) is 0 Å². The van der Waals surface area contributed by atoms with Gasteiger partial charge in [-0.1, -0.05) is 0 Å². The average Bonchev–Trinajstić information content (AvgIpc) is 2.66. The quantitative estimate of drug-likeness (QED) is 0.552. The van der Waals surface area contributed by atoms with Crippen molar-refractivity contribution in [2.24, 2.45) is 0 Å². The fourth-order valence-electron chi connectivity index (χ4n) is 1.34. The largest absolute Gasteiger partial charge is 0.475 e. The lowest BCUT2D eigenvalue weighted by Gasteiger charge is -2.05. The van der Waals surface area contributed by atoms with Crippen LogP contribution >= 0.6 is 0 Å². The molecule has 0 atom stereocenters. The zero-order valence-electron chi connectivity index (χ0n) is 10.7. The van der Waals surface area contributed by atoms with E-state index in [1.165, 1.54) is 6.92 Å². The molecule has 0 aliphatic carbocycles. The number of carbonyl (C=O) groups is 1. The van der Waals surface area contributed by atoms with Gasteiger partial charge in [0.1, 0.15) is 10.7 Å². The molecule has 0 radical (unpaired) electrons. The maximum Gasteiger partial charge on any atom is 0.371 e. The van der Waals surface area contributed by atoms with Crippen LogP contribution in [0.15, 0.2) is 15.4 Å². The summed E-state index contributed by atoms with van der Waals surface area (Å²) >= 11 is 0. The third kappa shape index (κ3) is 4.59. The summed E-state index contributed by atoms with van der Waals surface area (Å²) in [7, 11) is -7.37. The van der Waals surface area contributed by atoms with E-state index in [2.05, 4.69) is 9.44 Å². The third-order valence-corrected chi connectivity index (χ3v) is 4.45. The van der Waals surface area contributed by atoms with E-state index in [0.717, 1.165) is 12.3 Å². The molecule has 0 aliphatic heterocycles. The summed E-state index contributed by atoms with van der Waals surface area (Å²) in [6.07, 6.45) is 0.945. The predicted octanol–water partition coefficient (Wildman–Crippen LogP) is -0.886. The number of hydrogen-bond acceptors (Lipinski definition) is 6. The minimum atomic E-state index is -3.96. The minimum absolute atomic E-state index is 0.0639. The molecular formula is C9H14N2O7S2. The monoisotopic (exact) mass is 326 g/mol. The highest BCUT2D eigenvalue weighted by Gasteiger charge is 2.23. The summed E-state index contributed by atoms with van der Waals surface area (Å²) in [5.74, 6) is -1.93. The van der Waals surface area contributed by atoms with Crippen LogP contribution in [0.2, 0.25) is 0 Å². The molecule has 20 heavy (non-hydrogen) atoms. The summed E-state index contributed by atoms with van der Waals surface area (Å²) in [6, 6.07) is 0.893. The fourth-order valence-corrected chi connectivity index (χ4v) is 3.02. The number of nitrogens with one attached hydrogen (secondary N) is 2. The second kappa shape index (κ2) is 5.91. The molecule has 1 rings (SSSR count). The number of rotatable bonds is 7. The first-order chi connectivity index (χ1) is 9.03. The van der Waals surface area contributed by atoms with Gasteiger partial charge in [-0.05, 0) is 6.92 Å². The minimum Gasteiger partial charge on any atom is -0.475 e. The lowest BCUT2D eigenvalue weighted by molar-refractivity contribution is 0.0661. The molecule has 0 fully saturated rings. The normalized spacial score (nSPS) is 12.5. The Morgan fingerprint density at radius 1 is 1.25 bits per heavy atom. The molecule has 3 N–H and O–H groups in total. The van der Waals surface area contributed by atoms with E-state index < -0.39 is 31.8 Å². The SMILES string of the molecule is Cc1oc(C(=O)O)cc1S(=O)(=O)NCCNS(C)(=O)=O. The fraction of sp³-hybridized carbons (Fsp3) is 0.444. The van der Waals surface area contributed by atoms with Gasteiger partial charge in [-0.3, -0.25) is 0 Å². The molecule has 0 aliphatic rings.